The first-order valence-corrected chi connectivity index (χ1v) is 5.29. The van der Waals surface area contributed by atoms with E-state index in [0.717, 1.165) is 12.1 Å². The highest BCUT2D eigenvalue weighted by molar-refractivity contribution is 4.93. The monoisotopic (exact) mass is 213 g/mol. The number of aryl methyl sites for hydroxylation is 1. The SMILES string of the molecule is CCC(C)(O)Cn1cc(CCCO)nn1. The largest absolute Gasteiger partial charge is 0.396 e. The van der Waals surface area contributed by atoms with E-state index in [-0.39, 0.29) is 6.61 Å². The van der Waals surface area contributed by atoms with Gasteiger partial charge in [-0.1, -0.05) is 12.1 Å². The van der Waals surface area contributed by atoms with Crippen LogP contribution in [0.25, 0.3) is 0 Å². The summed E-state index contributed by atoms with van der Waals surface area (Å²) >= 11 is 0. The molecule has 1 atom stereocenters. The molecule has 0 fully saturated rings. The summed E-state index contributed by atoms with van der Waals surface area (Å²) in [6.45, 7) is 4.33. The molecule has 1 rings (SSSR count). The Morgan fingerprint density at radius 1 is 1.53 bits per heavy atom. The molecule has 0 saturated heterocycles. The molecule has 86 valence electrons. The van der Waals surface area contributed by atoms with Crippen LogP contribution < -0.4 is 0 Å². The molecular formula is C10H19N3O2. The van der Waals surface area contributed by atoms with Crippen molar-refractivity contribution in [3.63, 3.8) is 0 Å². The van der Waals surface area contributed by atoms with Crippen LogP contribution in [-0.4, -0.2) is 37.4 Å². The predicted octanol–water partition coefficient (Wildman–Crippen LogP) is 0.364. The van der Waals surface area contributed by atoms with E-state index >= 15 is 0 Å². The molecule has 5 heteroatoms. The summed E-state index contributed by atoms with van der Waals surface area (Å²) in [5.41, 5.74) is 0.123. The second-order valence-corrected chi connectivity index (χ2v) is 4.09. The maximum absolute atomic E-state index is 9.83. The molecule has 0 radical (unpaired) electrons. The van der Waals surface area contributed by atoms with Crippen LogP contribution in [0.15, 0.2) is 6.20 Å². The fourth-order valence-corrected chi connectivity index (χ4v) is 1.25. The van der Waals surface area contributed by atoms with Crippen LogP contribution in [0.5, 0.6) is 0 Å². The minimum atomic E-state index is -0.734. The van der Waals surface area contributed by atoms with Crippen molar-refractivity contribution in [2.24, 2.45) is 0 Å². The van der Waals surface area contributed by atoms with Gasteiger partial charge >= 0.3 is 0 Å². The van der Waals surface area contributed by atoms with Gasteiger partial charge in [-0.3, -0.25) is 0 Å². The first-order chi connectivity index (χ1) is 7.07. The van der Waals surface area contributed by atoms with Crippen molar-refractivity contribution in [3.05, 3.63) is 11.9 Å². The smallest absolute Gasteiger partial charge is 0.0828 e. The van der Waals surface area contributed by atoms with Gasteiger partial charge in [-0.15, -0.1) is 5.10 Å². The number of rotatable bonds is 6. The fourth-order valence-electron chi connectivity index (χ4n) is 1.25. The molecule has 0 bridgehead atoms. The molecule has 0 aliphatic heterocycles. The van der Waals surface area contributed by atoms with Crippen LogP contribution in [0.4, 0.5) is 0 Å². The number of hydrogen-bond donors (Lipinski definition) is 2. The van der Waals surface area contributed by atoms with Gasteiger partial charge in [0.2, 0.25) is 0 Å². The van der Waals surface area contributed by atoms with Gasteiger partial charge in [-0.05, 0) is 26.2 Å². The van der Waals surface area contributed by atoms with Crippen molar-refractivity contribution in [1.82, 2.24) is 15.0 Å². The van der Waals surface area contributed by atoms with Gasteiger partial charge in [-0.25, -0.2) is 4.68 Å². The molecule has 0 aromatic carbocycles. The Morgan fingerprint density at radius 3 is 2.87 bits per heavy atom. The fraction of sp³-hybridized carbons (Fsp3) is 0.800. The van der Waals surface area contributed by atoms with E-state index in [1.54, 1.807) is 11.6 Å². The minimum absolute atomic E-state index is 0.166. The first-order valence-electron chi connectivity index (χ1n) is 5.29. The summed E-state index contributed by atoms with van der Waals surface area (Å²) in [5.74, 6) is 0. The Hall–Kier alpha value is -0.940. The lowest BCUT2D eigenvalue weighted by atomic mass is 10.0. The third-order valence-electron chi connectivity index (χ3n) is 2.44. The average Bonchev–Trinajstić information content (AvgIpc) is 2.62. The lowest BCUT2D eigenvalue weighted by molar-refractivity contribution is 0.0339. The second kappa shape index (κ2) is 5.23. The molecule has 1 aromatic heterocycles. The molecular weight excluding hydrogens is 194 g/mol. The number of nitrogens with zero attached hydrogens (tertiary/aromatic N) is 3. The van der Waals surface area contributed by atoms with E-state index in [0.29, 0.717) is 19.4 Å². The van der Waals surface area contributed by atoms with E-state index in [2.05, 4.69) is 10.3 Å². The van der Waals surface area contributed by atoms with Crippen molar-refractivity contribution in [3.8, 4) is 0 Å². The van der Waals surface area contributed by atoms with Crippen LogP contribution in [-0.2, 0) is 13.0 Å². The highest BCUT2D eigenvalue weighted by Gasteiger charge is 2.18. The van der Waals surface area contributed by atoms with Gasteiger partial charge in [0.05, 0.1) is 17.8 Å². The Balaban J connectivity index is 2.52. The Labute approximate surface area is 89.7 Å². The predicted molar refractivity (Wildman–Crippen MR) is 56.3 cm³/mol. The molecule has 5 nitrogen and oxygen atoms in total. The van der Waals surface area contributed by atoms with Gasteiger partial charge in [0.25, 0.3) is 0 Å². The van der Waals surface area contributed by atoms with E-state index in [1.807, 2.05) is 13.1 Å². The third kappa shape index (κ3) is 3.97. The third-order valence-corrected chi connectivity index (χ3v) is 2.44. The Morgan fingerprint density at radius 2 is 2.27 bits per heavy atom. The molecule has 2 N–H and O–H groups in total. The summed E-state index contributed by atoms with van der Waals surface area (Å²) in [6.07, 6.45) is 3.92. The Bertz CT molecular complexity index is 297. The summed E-state index contributed by atoms with van der Waals surface area (Å²) in [7, 11) is 0. The molecule has 0 saturated carbocycles. The van der Waals surface area contributed by atoms with Crippen LogP contribution in [0, 0.1) is 0 Å². The molecule has 1 unspecified atom stereocenters. The van der Waals surface area contributed by atoms with Crippen molar-refractivity contribution in [2.45, 2.75) is 45.3 Å². The zero-order valence-electron chi connectivity index (χ0n) is 9.35. The number of aliphatic hydroxyl groups is 2. The molecule has 1 heterocycles. The minimum Gasteiger partial charge on any atom is -0.396 e. The van der Waals surface area contributed by atoms with Crippen LogP contribution in [0.2, 0.25) is 0 Å². The standard InChI is InChI=1S/C10H19N3O2/c1-3-10(2,15)8-13-7-9(11-12-13)5-4-6-14/h7,14-15H,3-6,8H2,1-2H3. The van der Waals surface area contributed by atoms with Gasteiger partial charge in [0, 0.05) is 12.8 Å². The molecule has 15 heavy (non-hydrogen) atoms. The molecule has 1 aromatic rings. The van der Waals surface area contributed by atoms with Gasteiger partial charge in [-0.2, -0.15) is 0 Å². The highest BCUT2D eigenvalue weighted by atomic mass is 16.3. The molecule has 0 spiro atoms. The quantitative estimate of drug-likeness (QED) is 0.716. The lowest BCUT2D eigenvalue weighted by Gasteiger charge is -2.20. The summed E-state index contributed by atoms with van der Waals surface area (Å²) < 4.78 is 1.65. The first kappa shape index (κ1) is 12.1. The summed E-state index contributed by atoms with van der Waals surface area (Å²) in [4.78, 5) is 0. The maximum Gasteiger partial charge on any atom is 0.0828 e. The van der Waals surface area contributed by atoms with E-state index in [1.165, 1.54) is 0 Å². The average molecular weight is 213 g/mol. The van der Waals surface area contributed by atoms with Gasteiger partial charge < -0.3 is 10.2 Å². The van der Waals surface area contributed by atoms with Gasteiger partial charge in [0.1, 0.15) is 0 Å². The molecule has 0 aliphatic rings. The highest BCUT2D eigenvalue weighted by Crippen LogP contribution is 2.11. The van der Waals surface area contributed by atoms with Crippen molar-refractivity contribution in [2.75, 3.05) is 6.61 Å². The van der Waals surface area contributed by atoms with Crippen molar-refractivity contribution < 1.29 is 10.2 Å². The van der Waals surface area contributed by atoms with E-state index < -0.39 is 5.60 Å². The summed E-state index contributed by atoms with van der Waals surface area (Å²) in [6, 6.07) is 0. The normalized spacial score (nSPS) is 15.2. The van der Waals surface area contributed by atoms with Gasteiger partial charge in [0.15, 0.2) is 0 Å². The van der Waals surface area contributed by atoms with Crippen LogP contribution >= 0.6 is 0 Å². The number of aromatic nitrogens is 3. The molecule has 0 amide bonds. The summed E-state index contributed by atoms with van der Waals surface area (Å²) in [5, 5.41) is 26.4. The molecule has 0 aliphatic carbocycles. The van der Waals surface area contributed by atoms with Crippen LogP contribution in [0.1, 0.15) is 32.4 Å². The maximum atomic E-state index is 9.83. The van der Waals surface area contributed by atoms with E-state index in [9.17, 15) is 5.11 Å². The Kier molecular flexibility index (Phi) is 4.23. The zero-order chi connectivity index (χ0) is 11.3. The van der Waals surface area contributed by atoms with Crippen LogP contribution in [0.3, 0.4) is 0 Å². The zero-order valence-corrected chi connectivity index (χ0v) is 9.35. The number of aliphatic hydroxyl groups excluding tert-OH is 1. The second-order valence-electron chi connectivity index (χ2n) is 4.09. The van der Waals surface area contributed by atoms with Crippen molar-refractivity contribution >= 4 is 0 Å². The number of hydrogen-bond acceptors (Lipinski definition) is 4. The lowest BCUT2D eigenvalue weighted by Crippen LogP contribution is -2.29. The van der Waals surface area contributed by atoms with E-state index in [4.69, 9.17) is 5.11 Å². The van der Waals surface area contributed by atoms with Crippen molar-refractivity contribution in [1.29, 1.82) is 0 Å². The topological polar surface area (TPSA) is 71.2 Å².